The van der Waals surface area contributed by atoms with Crippen LogP contribution < -0.4 is 18.9 Å². The van der Waals surface area contributed by atoms with Crippen LogP contribution in [0, 0.1) is 25.2 Å². The Morgan fingerprint density at radius 3 is 2.28 bits per heavy atom. The van der Waals surface area contributed by atoms with Crippen molar-refractivity contribution in [2.24, 2.45) is 0 Å². The summed E-state index contributed by atoms with van der Waals surface area (Å²) >= 11 is 0. The average Bonchev–Trinajstić information content (AvgIpc) is 3.62. The smallest absolute Gasteiger partial charge is 0.231 e. The van der Waals surface area contributed by atoms with Gasteiger partial charge in [0.2, 0.25) is 6.79 Å². The zero-order valence-electron chi connectivity index (χ0n) is 28.6. The molecule has 1 saturated heterocycles. The Kier molecular flexibility index (Phi) is 8.32. The lowest BCUT2D eigenvalue weighted by Crippen LogP contribution is -2.69. The van der Waals surface area contributed by atoms with Crippen molar-refractivity contribution in [2.45, 2.75) is 69.8 Å². The van der Waals surface area contributed by atoms with Crippen molar-refractivity contribution in [3.8, 4) is 34.8 Å². The summed E-state index contributed by atoms with van der Waals surface area (Å²) in [6.45, 7) is 4.63. The van der Waals surface area contributed by atoms with Gasteiger partial charge in [0.1, 0.15) is 24.5 Å². The molecule has 0 unspecified atom stereocenters. The number of fused-ring (bicyclic) bond motifs is 9. The van der Waals surface area contributed by atoms with E-state index in [1.807, 2.05) is 74.6 Å². The number of piperazine rings is 1. The second-order valence-corrected chi connectivity index (χ2v) is 13.6. The van der Waals surface area contributed by atoms with Crippen LogP contribution in [0.25, 0.3) is 0 Å². The van der Waals surface area contributed by atoms with Crippen molar-refractivity contribution < 1.29 is 33.9 Å². The first-order valence-electron chi connectivity index (χ1n) is 17.0. The Morgan fingerprint density at radius 2 is 1.60 bits per heavy atom. The lowest BCUT2D eigenvalue weighted by molar-refractivity contribution is -0.132. The quantitative estimate of drug-likeness (QED) is 0.237. The molecule has 0 radical (unpaired) electrons. The van der Waals surface area contributed by atoms with E-state index >= 15 is 0 Å². The number of ether oxygens (including phenoxy) is 5. The monoisotopic (exact) mass is 675 g/mol. The minimum atomic E-state index is -1.20. The van der Waals surface area contributed by atoms with Gasteiger partial charge >= 0.3 is 0 Å². The molecule has 0 saturated carbocycles. The molecular formula is C40H41N3O7. The number of aliphatic hydroxyl groups is 1. The molecule has 4 heterocycles. The van der Waals surface area contributed by atoms with Crippen molar-refractivity contribution in [1.82, 2.24) is 9.80 Å². The molecule has 258 valence electrons. The molecule has 0 aliphatic carbocycles. The second kappa shape index (κ2) is 12.8. The van der Waals surface area contributed by atoms with Gasteiger partial charge in [0.05, 0.1) is 44.5 Å². The summed E-state index contributed by atoms with van der Waals surface area (Å²) in [7, 11) is 3.66. The third-order valence-corrected chi connectivity index (χ3v) is 10.9. The highest BCUT2D eigenvalue weighted by molar-refractivity contribution is 5.67. The summed E-state index contributed by atoms with van der Waals surface area (Å²) in [5.74, 6) is 2.14. The topological polar surface area (TPSA) is 117 Å². The lowest BCUT2D eigenvalue weighted by atomic mass is 9.70. The van der Waals surface area contributed by atoms with Gasteiger partial charge < -0.3 is 33.9 Å². The van der Waals surface area contributed by atoms with Crippen molar-refractivity contribution >= 4 is 0 Å². The molecular weight excluding hydrogens is 634 g/mol. The van der Waals surface area contributed by atoms with Gasteiger partial charge in [-0.05, 0) is 49.6 Å². The summed E-state index contributed by atoms with van der Waals surface area (Å²) in [6, 6.07) is 22.2. The summed E-state index contributed by atoms with van der Waals surface area (Å²) in [5.41, 5.74) is 6.41. The fraction of sp³-hybridized carbons (Fsp3) is 0.375. The number of nitriles is 1. The van der Waals surface area contributed by atoms with Crippen molar-refractivity contribution in [1.29, 1.82) is 5.26 Å². The van der Waals surface area contributed by atoms with Crippen molar-refractivity contribution in [3.63, 3.8) is 0 Å². The lowest BCUT2D eigenvalue weighted by Gasteiger charge is -2.61. The molecule has 50 heavy (non-hydrogen) atoms. The van der Waals surface area contributed by atoms with Gasteiger partial charge in [0.25, 0.3) is 0 Å². The molecule has 0 spiro atoms. The summed E-state index contributed by atoms with van der Waals surface area (Å²) in [5, 5.41) is 35.4. The Labute approximate surface area is 291 Å². The predicted octanol–water partition coefficient (Wildman–Crippen LogP) is 5.80. The van der Waals surface area contributed by atoms with Crippen LogP contribution in [0.2, 0.25) is 0 Å². The molecule has 10 nitrogen and oxygen atoms in total. The highest BCUT2D eigenvalue weighted by Crippen LogP contribution is 2.61. The van der Waals surface area contributed by atoms with Crippen LogP contribution in [0.15, 0.2) is 66.7 Å². The second-order valence-electron chi connectivity index (χ2n) is 13.6. The summed E-state index contributed by atoms with van der Waals surface area (Å²) in [4.78, 5) is 4.31. The number of hydrogen-bond acceptors (Lipinski definition) is 10. The van der Waals surface area contributed by atoms with E-state index < -0.39 is 30.3 Å². The molecule has 6 atom stereocenters. The standard InChI is InChI=1S/C40H41N3O7/c1-22-15-26-16-27-28(17-41)43-29(20-47-18-24-11-7-5-8-12-24)31-32(35(44)23(2)38-40(31)50-21-49-38)36(45)34(43)33(42(27)3)30(26)39(37(22)46-4)48-19-25-13-9-6-10-14-25/h5-15,27-29,33-34,36,44-45H,16,18-21H2,1-4H3/t27-,28-,29-,33-,34-,36+/m0/s1. The van der Waals surface area contributed by atoms with Gasteiger partial charge in [-0.25, -0.2) is 0 Å². The zero-order chi connectivity index (χ0) is 34.7. The van der Waals surface area contributed by atoms with E-state index in [1.54, 1.807) is 14.0 Å². The summed E-state index contributed by atoms with van der Waals surface area (Å²) in [6.07, 6.45) is -0.610. The molecule has 4 aliphatic heterocycles. The number of aromatic hydroxyl groups is 1. The Hall–Kier alpha value is -4.79. The van der Waals surface area contributed by atoms with Gasteiger partial charge in [-0.1, -0.05) is 66.7 Å². The van der Waals surface area contributed by atoms with Gasteiger partial charge in [0, 0.05) is 28.3 Å². The largest absolute Gasteiger partial charge is 0.507 e. The molecule has 4 aliphatic rings. The maximum absolute atomic E-state index is 12.6. The van der Waals surface area contributed by atoms with Crippen LogP contribution in [0.4, 0.5) is 0 Å². The molecule has 2 N–H and O–H groups in total. The number of phenolic OH excluding ortho intramolecular Hbond substituents is 1. The normalized spacial score (nSPS) is 24.9. The first kappa shape index (κ1) is 32.4. The number of rotatable bonds is 8. The van der Waals surface area contributed by atoms with Gasteiger partial charge in [-0.3, -0.25) is 9.80 Å². The van der Waals surface area contributed by atoms with Crippen LogP contribution in [-0.2, 0) is 24.4 Å². The Balaban J connectivity index is 1.30. The highest BCUT2D eigenvalue weighted by Gasteiger charge is 2.59. The third kappa shape index (κ3) is 4.99. The maximum atomic E-state index is 12.6. The van der Waals surface area contributed by atoms with E-state index in [4.69, 9.17) is 23.7 Å². The molecule has 4 aromatic carbocycles. The highest BCUT2D eigenvalue weighted by atomic mass is 16.7. The van der Waals surface area contributed by atoms with E-state index in [0.717, 1.165) is 27.8 Å². The fourth-order valence-corrected chi connectivity index (χ4v) is 8.73. The summed E-state index contributed by atoms with van der Waals surface area (Å²) < 4.78 is 31.1. The Bertz CT molecular complexity index is 1960. The molecule has 0 aromatic heterocycles. The molecule has 8 rings (SSSR count). The first-order valence-corrected chi connectivity index (χ1v) is 17.0. The van der Waals surface area contributed by atoms with Crippen LogP contribution in [0.3, 0.4) is 0 Å². The molecule has 4 aromatic rings. The maximum Gasteiger partial charge on any atom is 0.231 e. The molecule has 0 amide bonds. The van der Waals surface area contributed by atoms with E-state index in [0.29, 0.717) is 59.3 Å². The number of nitrogens with zero attached hydrogens (tertiary/aromatic N) is 3. The van der Waals surface area contributed by atoms with Crippen LogP contribution in [0.5, 0.6) is 28.7 Å². The number of likely N-dealkylation sites (N-methyl/N-ethyl adjacent to an activating group) is 1. The number of benzene rings is 4. The zero-order valence-corrected chi connectivity index (χ0v) is 28.6. The molecule has 1 fully saturated rings. The van der Waals surface area contributed by atoms with Crippen LogP contribution in [-0.4, -0.2) is 65.7 Å². The minimum absolute atomic E-state index is 0.00646. The van der Waals surface area contributed by atoms with Crippen LogP contribution >= 0.6 is 0 Å². The number of aliphatic hydroxyl groups excluding tert-OH is 1. The van der Waals surface area contributed by atoms with Crippen LogP contribution in [0.1, 0.15) is 62.7 Å². The van der Waals surface area contributed by atoms with Crippen molar-refractivity contribution in [2.75, 3.05) is 27.6 Å². The number of hydrogen-bond donors (Lipinski definition) is 2. The van der Waals surface area contributed by atoms with E-state index in [-0.39, 0.29) is 25.2 Å². The van der Waals surface area contributed by atoms with E-state index in [2.05, 4.69) is 21.9 Å². The van der Waals surface area contributed by atoms with Gasteiger partial charge in [-0.15, -0.1) is 0 Å². The minimum Gasteiger partial charge on any atom is -0.507 e. The number of methoxy groups -OCH3 is 1. The van der Waals surface area contributed by atoms with Crippen molar-refractivity contribution in [3.05, 3.63) is 111 Å². The molecule has 10 heteroatoms. The first-order chi connectivity index (χ1) is 24.3. The number of aryl methyl sites for hydroxylation is 1. The van der Waals surface area contributed by atoms with E-state index in [9.17, 15) is 15.5 Å². The van der Waals surface area contributed by atoms with Gasteiger partial charge in [0.15, 0.2) is 23.0 Å². The predicted molar refractivity (Wildman–Crippen MR) is 184 cm³/mol. The average molecular weight is 676 g/mol. The fourth-order valence-electron chi connectivity index (χ4n) is 8.73. The number of phenols is 1. The third-order valence-electron chi connectivity index (χ3n) is 10.9. The van der Waals surface area contributed by atoms with E-state index in [1.165, 1.54) is 0 Å². The molecule has 2 bridgehead atoms. The van der Waals surface area contributed by atoms with Gasteiger partial charge in [-0.2, -0.15) is 5.26 Å². The Morgan fingerprint density at radius 1 is 0.920 bits per heavy atom. The SMILES string of the molecule is COc1c(C)cc2c(c1OCc1ccccc1)[C@H]1[C@H]3[C@H](O)c4c(O)c(C)c5c(c4[C@H](COCc4ccccc4)N3[C@@H](C#N)[C@H](C2)N1C)OCO5.